The van der Waals surface area contributed by atoms with E-state index in [-0.39, 0.29) is 6.10 Å². The van der Waals surface area contributed by atoms with Crippen molar-refractivity contribution in [3.05, 3.63) is 0 Å². The highest BCUT2D eigenvalue weighted by Crippen LogP contribution is 2.57. The third-order valence-electron chi connectivity index (χ3n) is 5.19. The first-order valence-electron chi connectivity index (χ1n) is 7.22. The van der Waals surface area contributed by atoms with E-state index in [9.17, 15) is 15.0 Å². The Bertz CT molecular complexity index is 350. The molecule has 3 unspecified atom stereocenters. The fraction of sp³-hybridized carbons (Fsp3) is 0.929. The second-order valence-electron chi connectivity index (χ2n) is 6.26. The van der Waals surface area contributed by atoms with E-state index in [1.807, 2.05) is 0 Å². The zero-order valence-electron chi connectivity index (χ0n) is 10.7. The summed E-state index contributed by atoms with van der Waals surface area (Å²) >= 11 is 0. The molecule has 2 saturated carbocycles. The van der Waals surface area contributed by atoms with Gasteiger partial charge in [0.15, 0.2) is 5.60 Å². The van der Waals surface area contributed by atoms with Gasteiger partial charge in [-0.2, -0.15) is 0 Å². The summed E-state index contributed by atoms with van der Waals surface area (Å²) in [6.45, 7) is 0. The number of hydrogen-bond donors (Lipinski definition) is 2. The molecule has 2 N–H and O–H groups in total. The quantitative estimate of drug-likeness (QED) is 0.757. The first-order chi connectivity index (χ1) is 8.58. The van der Waals surface area contributed by atoms with Crippen LogP contribution in [0, 0.1) is 5.92 Å². The average molecular weight is 254 g/mol. The minimum atomic E-state index is -1.65. The Balaban J connectivity index is 1.77. The maximum atomic E-state index is 11.4. The van der Waals surface area contributed by atoms with Gasteiger partial charge < -0.3 is 14.9 Å². The SMILES string of the molecule is O=C(O)C1(O)CCCC2OC21CC1CCCCC1. The predicted molar refractivity (Wildman–Crippen MR) is 65.2 cm³/mol. The van der Waals surface area contributed by atoms with Crippen LogP contribution in [0.3, 0.4) is 0 Å². The van der Waals surface area contributed by atoms with Gasteiger partial charge in [-0.15, -0.1) is 0 Å². The number of carbonyl (C=O) groups is 1. The zero-order chi connectivity index (χ0) is 12.8. The summed E-state index contributed by atoms with van der Waals surface area (Å²) in [5, 5.41) is 19.9. The summed E-state index contributed by atoms with van der Waals surface area (Å²) in [6, 6.07) is 0. The predicted octanol–water partition coefficient (Wildman–Crippen LogP) is 2.09. The molecule has 2 aliphatic carbocycles. The lowest BCUT2D eigenvalue weighted by atomic mass is 9.69. The summed E-state index contributed by atoms with van der Waals surface area (Å²) in [5.41, 5.74) is -2.41. The molecule has 0 bridgehead atoms. The molecule has 1 saturated heterocycles. The van der Waals surface area contributed by atoms with Gasteiger partial charge in [0.25, 0.3) is 0 Å². The number of aliphatic hydroxyl groups is 1. The van der Waals surface area contributed by atoms with E-state index in [1.165, 1.54) is 19.3 Å². The number of rotatable bonds is 3. The topological polar surface area (TPSA) is 70.1 Å². The molecule has 4 nitrogen and oxygen atoms in total. The molecule has 18 heavy (non-hydrogen) atoms. The summed E-state index contributed by atoms with van der Waals surface area (Å²) in [7, 11) is 0. The van der Waals surface area contributed by atoms with Crippen LogP contribution in [0.5, 0.6) is 0 Å². The third-order valence-corrected chi connectivity index (χ3v) is 5.19. The monoisotopic (exact) mass is 254 g/mol. The van der Waals surface area contributed by atoms with Crippen LogP contribution in [0.4, 0.5) is 0 Å². The van der Waals surface area contributed by atoms with E-state index < -0.39 is 17.2 Å². The molecule has 1 aliphatic heterocycles. The summed E-state index contributed by atoms with van der Waals surface area (Å²) in [6.07, 6.45) is 8.79. The molecule has 3 atom stereocenters. The van der Waals surface area contributed by atoms with Crippen LogP contribution < -0.4 is 0 Å². The number of fused-ring (bicyclic) bond motifs is 1. The molecule has 4 heteroatoms. The molecule has 0 aromatic rings. The van der Waals surface area contributed by atoms with Crippen molar-refractivity contribution in [1.29, 1.82) is 0 Å². The van der Waals surface area contributed by atoms with Crippen molar-refractivity contribution < 1.29 is 19.7 Å². The number of carboxylic acid groups (broad SMARTS) is 1. The molecular weight excluding hydrogens is 232 g/mol. The Labute approximate surface area is 107 Å². The van der Waals surface area contributed by atoms with Crippen molar-refractivity contribution in [1.82, 2.24) is 0 Å². The first-order valence-corrected chi connectivity index (χ1v) is 7.22. The lowest BCUT2D eigenvalue weighted by Crippen LogP contribution is -2.56. The van der Waals surface area contributed by atoms with Crippen LogP contribution in [-0.2, 0) is 9.53 Å². The van der Waals surface area contributed by atoms with Gasteiger partial charge in [-0.3, -0.25) is 0 Å². The standard InChI is InChI=1S/C14H22O4/c15-12(16)13(17)8-4-7-11-14(13,18-11)9-10-5-2-1-3-6-10/h10-11,17H,1-9H2,(H,15,16). The van der Waals surface area contributed by atoms with E-state index in [4.69, 9.17) is 4.74 Å². The highest BCUT2D eigenvalue weighted by atomic mass is 16.6. The molecule has 0 amide bonds. The Morgan fingerprint density at radius 1 is 1.17 bits per heavy atom. The van der Waals surface area contributed by atoms with Gasteiger partial charge in [-0.05, 0) is 31.6 Å². The minimum absolute atomic E-state index is 0.0192. The fourth-order valence-corrected chi connectivity index (χ4v) is 4.09. The number of hydrogen-bond acceptors (Lipinski definition) is 3. The van der Waals surface area contributed by atoms with E-state index in [0.717, 1.165) is 32.1 Å². The van der Waals surface area contributed by atoms with E-state index in [2.05, 4.69) is 0 Å². The highest BCUT2D eigenvalue weighted by Gasteiger charge is 2.73. The van der Waals surface area contributed by atoms with Gasteiger partial charge in [0.2, 0.25) is 0 Å². The van der Waals surface area contributed by atoms with Crippen LogP contribution in [0.15, 0.2) is 0 Å². The van der Waals surface area contributed by atoms with Crippen LogP contribution in [0.2, 0.25) is 0 Å². The molecule has 0 spiro atoms. The zero-order valence-corrected chi connectivity index (χ0v) is 10.7. The molecule has 0 aromatic heterocycles. The minimum Gasteiger partial charge on any atom is -0.479 e. The van der Waals surface area contributed by atoms with Crippen molar-refractivity contribution >= 4 is 5.97 Å². The average Bonchev–Trinajstić information content (AvgIpc) is 3.06. The molecule has 102 valence electrons. The second kappa shape index (κ2) is 4.20. The van der Waals surface area contributed by atoms with Gasteiger partial charge >= 0.3 is 5.97 Å². The molecule has 1 heterocycles. The summed E-state index contributed by atoms with van der Waals surface area (Å²) < 4.78 is 5.71. The van der Waals surface area contributed by atoms with Gasteiger partial charge in [0.05, 0.1) is 6.10 Å². The van der Waals surface area contributed by atoms with Crippen LogP contribution >= 0.6 is 0 Å². The molecule has 0 radical (unpaired) electrons. The molecular formula is C14H22O4. The number of carboxylic acids is 1. The van der Waals surface area contributed by atoms with Gasteiger partial charge in [-0.1, -0.05) is 32.1 Å². The maximum Gasteiger partial charge on any atom is 0.338 e. The lowest BCUT2D eigenvalue weighted by Gasteiger charge is -2.36. The van der Waals surface area contributed by atoms with Gasteiger partial charge in [0, 0.05) is 0 Å². The Kier molecular flexibility index (Phi) is 2.90. The van der Waals surface area contributed by atoms with Crippen molar-refractivity contribution in [2.45, 2.75) is 75.1 Å². The van der Waals surface area contributed by atoms with Crippen molar-refractivity contribution in [2.24, 2.45) is 5.92 Å². The van der Waals surface area contributed by atoms with Gasteiger partial charge in [0.1, 0.15) is 5.60 Å². The molecule has 0 aromatic carbocycles. The van der Waals surface area contributed by atoms with Crippen LogP contribution in [0.25, 0.3) is 0 Å². The van der Waals surface area contributed by atoms with E-state index in [1.54, 1.807) is 0 Å². The van der Waals surface area contributed by atoms with Crippen LogP contribution in [0.1, 0.15) is 57.8 Å². The highest BCUT2D eigenvalue weighted by molar-refractivity contribution is 5.80. The first kappa shape index (κ1) is 12.4. The fourth-order valence-electron chi connectivity index (χ4n) is 4.09. The number of epoxide rings is 1. The number of aliphatic carboxylic acids is 1. The lowest BCUT2D eigenvalue weighted by molar-refractivity contribution is -0.170. The number of ether oxygens (including phenoxy) is 1. The van der Waals surface area contributed by atoms with E-state index >= 15 is 0 Å². The Morgan fingerprint density at radius 3 is 2.56 bits per heavy atom. The molecule has 3 rings (SSSR count). The van der Waals surface area contributed by atoms with Crippen molar-refractivity contribution in [3.63, 3.8) is 0 Å². The normalized spacial score (nSPS) is 44.4. The maximum absolute atomic E-state index is 11.4. The van der Waals surface area contributed by atoms with Gasteiger partial charge in [-0.25, -0.2) is 4.79 Å². The Hall–Kier alpha value is -0.610. The smallest absolute Gasteiger partial charge is 0.338 e. The summed E-state index contributed by atoms with van der Waals surface area (Å²) in [4.78, 5) is 11.4. The molecule has 3 aliphatic rings. The van der Waals surface area contributed by atoms with Crippen LogP contribution in [-0.4, -0.2) is 33.5 Å². The van der Waals surface area contributed by atoms with E-state index in [0.29, 0.717) is 12.3 Å². The summed E-state index contributed by atoms with van der Waals surface area (Å²) in [5.74, 6) is -0.562. The van der Waals surface area contributed by atoms with Crippen molar-refractivity contribution in [2.75, 3.05) is 0 Å². The third kappa shape index (κ3) is 1.69. The largest absolute Gasteiger partial charge is 0.479 e. The second-order valence-corrected chi connectivity index (χ2v) is 6.26. The molecule has 3 fully saturated rings. The Morgan fingerprint density at radius 2 is 1.89 bits per heavy atom. The van der Waals surface area contributed by atoms with Crippen molar-refractivity contribution in [3.8, 4) is 0 Å².